The molecular formula is C13H17N3O5. The molecule has 0 spiro atoms. The SMILES string of the molecule is COc1cc(N2CCC(OC(N)=O)CC2)ccc1[N+](=O)[O-]. The van der Waals surface area contributed by atoms with Gasteiger partial charge in [-0.3, -0.25) is 10.1 Å². The number of hydrogen-bond acceptors (Lipinski definition) is 6. The Morgan fingerprint density at radius 3 is 2.62 bits per heavy atom. The fourth-order valence-corrected chi connectivity index (χ4v) is 2.41. The Morgan fingerprint density at radius 2 is 2.10 bits per heavy atom. The Morgan fingerprint density at radius 1 is 1.43 bits per heavy atom. The van der Waals surface area contributed by atoms with Gasteiger partial charge in [0.1, 0.15) is 6.10 Å². The lowest BCUT2D eigenvalue weighted by molar-refractivity contribution is -0.385. The second kappa shape index (κ2) is 6.29. The van der Waals surface area contributed by atoms with Gasteiger partial charge in [0.05, 0.1) is 12.0 Å². The van der Waals surface area contributed by atoms with Gasteiger partial charge in [0.2, 0.25) is 0 Å². The number of nitrogens with zero attached hydrogens (tertiary/aromatic N) is 2. The molecule has 1 fully saturated rings. The van der Waals surface area contributed by atoms with Crippen LogP contribution in [-0.2, 0) is 4.74 Å². The van der Waals surface area contributed by atoms with Crippen LogP contribution >= 0.6 is 0 Å². The highest BCUT2D eigenvalue weighted by Crippen LogP contribution is 2.32. The number of carbonyl (C=O) groups is 1. The van der Waals surface area contributed by atoms with Gasteiger partial charge < -0.3 is 20.1 Å². The molecule has 0 bridgehead atoms. The van der Waals surface area contributed by atoms with E-state index in [2.05, 4.69) is 4.90 Å². The highest BCUT2D eigenvalue weighted by atomic mass is 16.6. The summed E-state index contributed by atoms with van der Waals surface area (Å²) in [5.41, 5.74) is 5.78. The van der Waals surface area contributed by atoms with E-state index in [1.165, 1.54) is 13.2 Å². The highest BCUT2D eigenvalue weighted by Gasteiger charge is 2.23. The van der Waals surface area contributed by atoms with Crippen LogP contribution in [0.1, 0.15) is 12.8 Å². The molecule has 2 N–H and O–H groups in total. The molecule has 8 heteroatoms. The van der Waals surface area contributed by atoms with Crippen molar-refractivity contribution in [3.63, 3.8) is 0 Å². The molecule has 0 radical (unpaired) electrons. The fraction of sp³-hybridized carbons (Fsp3) is 0.462. The van der Waals surface area contributed by atoms with Gasteiger partial charge in [-0.25, -0.2) is 4.79 Å². The Hall–Kier alpha value is -2.51. The van der Waals surface area contributed by atoms with E-state index < -0.39 is 11.0 Å². The molecule has 1 aromatic carbocycles. The summed E-state index contributed by atoms with van der Waals surface area (Å²) < 4.78 is 10.0. The molecule has 8 nitrogen and oxygen atoms in total. The number of primary amides is 1. The van der Waals surface area contributed by atoms with Crippen LogP contribution in [0.15, 0.2) is 18.2 Å². The zero-order chi connectivity index (χ0) is 15.4. The first-order chi connectivity index (χ1) is 10.0. The molecule has 1 heterocycles. The lowest BCUT2D eigenvalue weighted by Crippen LogP contribution is -2.38. The van der Waals surface area contributed by atoms with Crippen LogP contribution in [0.2, 0.25) is 0 Å². The summed E-state index contributed by atoms with van der Waals surface area (Å²) in [6.45, 7) is 1.36. The largest absolute Gasteiger partial charge is 0.490 e. The predicted molar refractivity (Wildman–Crippen MR) is 75.6 cm³/mol. The Labute approximate surface area is 121 Å². The number of piperidine rings is 1. The molecule has 0 saturated carbocycles. The van der Waals surface area contributed by atoms with Gasteiger partial charge in [-0.15, -0.1) is 0 Å². The first kappa shape index (κ1) is 14.9. The lowest BCUT2D eigenvalue weighted by atomic mass is 10.1. The highest BCUT2D eigenvalue weighted by molar-refractivity contribution is 5.65. The molecular weight excluding hydrogens is 278 g/mol. The lowest BCUT2D eigenvalue weighted by Gasteiger charge is -2.33. The fourth-order valence-electron chi connectivity index (χ4n) is 2.41. The van der Waals surface area contributed by atoms with E-state index in [1.54, 1.807) is 12.1 Å². The smallest absolute Gasteiger partial charge is 0.404 e. The van der Waals surface area contributed by atoms with Crippen LogP contribution < -0.4 is 15.4 Å². The quantitative estimate of drug-likeness (QED) is 0.668. The molecule has 0 aliphatic carbocycles. The molecule has 0 aromatic heterocycles. The van der Waals surface area contributed by atoms with Gasteiger partial charge in [0.15, 0.2) is 5.75 Å². The molecule has 1 amide bonds. The van der Waals surface area contributed by atoms with E-state index in [-0.39, 0.29) is 17.5 Å². The summed E-state index contributed by atoms with van der Waals surface area (Å²) >= 11 is 0. The molecule has 2 rings (SSSR count). The normalized spacial score (nSPS) is 15.6. The minimum Gasteiger partial charge on any atom is -0.490 e. The van der Waals surface area contributed by atoms with Crippen molar-refractivity contribution in [1.82, 2.24) is 0 Å². The number of benzene rings is 1. The van der Waals surface area contributed by atoms with Crippen molar-refractivity contribution in [1.29, 1.82) is 0 Å². The number of nitro benzene ring substituents is 1. The second-order valence-corrected chi connectivity index (χ2v) is 4.74. The average Bonchev–Trinajstić information content (AvgIpc) is 2.46. The van der Waals surface area contributed by atoms with E-state index in [4.69, 9.17) is 15.2 Å². The van der Waals surface area contributed by atoms with Gasteiger partial charge in [0, 0.05) is 43.8 Å². The first-order valence-corrected chi connectivity index (χ1v) is 6.54. The van der Waals surface area contributed by atoms with Gasteiger partial charge in [-0.2, -0.15) is 0 Å². The number of carbonyl (C=O) groups excluding carboxylic acids is 1. The number of methoxy groups -OCH3 is 1. The van der Waals surface area contributed by atoms with E-state index in [0.717, 1.165) is 5.69 Å². The zero-order valence-corrected chi connectivity index (χ0v) is 11.7. The monoisotopic (exact) mass is 295 g/mol. The molecule has 1 aliphatic heterocycles. The number of hydrogen-bond donors (Lipinski definition) is 1. The average molecular weight is 295 g/mol. The first-order valence-electron chi connectivity index (χ1n) is 6.54. The van der Waals surface area contributed by atoms with Crippen LogP contribution in [0.4, 0.5) is 16.2 Å². The zero-order valence-electron chi connectivity index (χ0n) is 11.7. The Balaban J connectivity index is 2.06. The van der Waals surface area contributed by atoms with Crippen molar-refractivity contribution in [3.8, 4) is 5.75 Å². The topological polar surface area (TPSA) is 108 Å². The molecule has 0 unspecified atom stereocenters. The van der Waals surface area contributed by atoms with E-state index in [9.17, 15) is 14.9 Å². The van der Waals surface area contributed by atoms with E-state index in [1.807, 2.05) is 0 Å². The summed E-state index contributed by atoms with van der Waals surface area (Å²) in [7, 11) is 1.40. The molecule has 21 heavy (non-hydrogen) atoms. The summed E-state index contributed by atoms with van der Waals surface area (Å²) in [4.78, 5) is 23.2. The van der Waals surface area contributed by atoms with Gasteiger partial charge in [0.25, 0.3) is 0 Å². The number of anilines is 1. The molecule has 114 valence electrons. The number of ether oxygens (including phenoxy) is 2. The molecule has 0 atom stereocenters. The summed E-state index contributed by atoms with van der Waals surface area (Å²) in [5.74, 6) is 0.230. The minimum atomic E-state index is -0.759. The third kappa shape index (κ3) is 3.53. The second-order valence-electron chi connectivity index (χ2n) is 4.74. The third-order valence-electron chi connectivity index (χ3n) is 3.45. The molecule has 1 aromatic rings. The predicted octanol–water partition coefficient (Wildman–Crippen LogP) is 1.67. The number of nitrogens with two attached hydrogens (primary N) is 1. The van der Waals surface area contributed by atoms with E-state index >= 15 is 0 Å². The standard InChI is InChI=1S/C13H17N3O5/c1-20-12-8-9(2-3-11(12)16(18)19)15-6-4-10(5-7-15)21-13(14)17/h2-3,8,10H,4-7H2,1H3,(H2,14,17). The van der Waals surface area contributed by atoms with Crippen molar-refractivity contribution < 1.29 is 19.2 Å². The third-order valence-corrected chi connectivity index (χ3v) is 3.45. The van der Waals surface area contributed by atoms with Crippen molar-refractivity contribution in [2.75, 3.05) is 25.1 Å². The van der Waals surface area contributed by atoms with Gasteiger partial charge >= 0.3 is 11.8 Å². The Kier molecular flexibility index (Phi) is 4.46. The Bertz CT molecular complexity index is 541. The maximum Gasteiger partial charge on any atom is 0.404 e. The maximum atomic E-state index is 10.9. The van der Waals surface area contributed by atoms with E-state index in [0.29, 0.717) is 25.9 Å². The van der Waals surface area contributed by atoms with Gasteiger partial charge in [-0.05, 0) is 6.07 Å². The summed E-state index contributed by atoms with van der Waals surface area (Å²) in [6.07, 6.45) is 0.411. The minimum absolute atomic E-state index is 0.0619. The van der Waals surface area contributed by atoms with Crippen molar-refractivity contribution >= 4 is 17.5 Å². The van der Waals surface area contributed by atoms with Crippen molar-refractivity contribution in [3.05, 3.63) is 28.3 Å². The maximum absolute atomic E-state index is 10.9. The van der Waals surface area contributed by atoms with Crippen molar-refractivity contribution in [2.24, 2.45) is 5.73 Å². The number of nitro groups is 1. The molecule has 1 aliphatic rings. The van der Waals surface area contributed by atoms with Crippen LogP contribution in [0.5, 0.6) is 5.75 Å². The summed E-state index contributed by atoms with van der Waals surface area (Å²) in [6, 6.07) is 4.77. The number of amides is 1. The van der Waals surface area contributed by atoms with Crippen LogP contribution in [0.3, 0.4) is 0 Å². The summed E-state index contributed by atoms with van der Waals surface area (Å²) in [5, 5.41) is 10.9. The molecule has 1 saturated heterocycles. The van der Waals surface area contributed by atoms with Crippen LogP contribution in [0.25, 0.3) is 0 Å². The van der Waals surface area contributed by atoms with Crippen LogP contribution in [-0.4, -0.2) is 37.3 Å². The van der Waals surface area contributed by atoms with Gasteiger partial charge in [-0.1, -0.05) is 0 Å². The van der Waals surface area contributed by atoms with Crippen LogP contribution in [0, 0.1) is 10.1 Å². The number of rotatable bonds is 4. The van der Waals surface area contributed by atoms with Crippen molar-refractivity contribution in [2.45, 2.75) is 18.9 Å².